The molecule has 0 aliphatic rings. The van der Waals surface area contributed by atoms with E-state index in [1.54, 1.807) is 0 Å². The Morgan fingerprint density at radius 3 is 2.60 bits per heavy atom. The number of allylic oxidation sites excluding steroid dienone is 1. The standard InChI is InChI=1S/C13H20N2/c1-4-7-8-9-13-12(6-3)14-10-11(5-2)15-13/h8-10H,4-7H2,1-3H3/b9-8+. The Kier molecular flexibility index (Phi) is 5.02. The Balaban J connectivity index is 2.90. The van der Waals surface area contributed by atoms with Gasteiger partial charge in [0.2, 0.25) is 0 Å². The zero-order chi connectivity index (χ0) is 11.1. The highest BCUT2D eigenvalue weighted by atomic mass is 14.8. The maximum absolute atomic E-state index is 4.58. The fourth-order valence-electron chi connectivity index (χ4n) is 1.40. The van der Waals surface area contributed by atoms with Gasteiger partial charge in [-0.15, -0.1) is 0 Å². The van der Waals surface area contributed by atoms with E-state index < -0.39 is 0 Å². The smallest absolute Gasteiger partial charge is 0.0845 e. The Labute approximate surface area is 92.5 Å². The van der Waals surface area contributed by atoms with Crippen molar-refractivity contribution in [3.8, 4) is 0 Å². The van der Waals surface area contributed by atoms with Crippen LogP contribution in [0.15, 0.2) is 12.3 Å². The van der Waals surface area contributed by atoms with Crippen LogP contribution in [0.4, 0.5) is 0 Å². The molecule has 0 saturated carbocycles. The first-order valence-corrected chi connectivity index (χ1v) is 5.83. The second-order valence-corrected chi connectivity index (χ2v) is 3.59. The highest BCUT2D eigenvalue weighted by Crippen LogP contribution is 2.08. The third-order valence-electron chi connectivity index (χ3n) is 2.36. The molecular formula is C13H20N2. The molecule has 0 bridgehead atoms. The molecule has 0 spiro atoms. The number of aryl methyl sites for hydroxylation is 2. The largest absolute Gasteiger partial charge is 0.257 e. The van der Waals surface area contributed by atoms with Gasteiger partial charge in [0.1, 0.15) is 0 Å². The van der Waals surface area contributed by atoms with Crippen LogP contribution in [0, 0.1) is 0 Å². The molecule has 0 atom stereocenters. The molecule has 0 unspecified atom stereocenters. The van der Waals surface area contributed by atoms with Crippen LogP contribution in [0.3, 0.4) is 0 Å². The van der Waals surface area contributed by atoms with Gasteiger partial charge in [0.25, 0.3) is 0 Å². The maximum Gasteiger partial charge on any atom is 0.0845 e. The lowest BCUT2D eigenvalue weighted by Gasteiger charge is -2.03. The Morgan fingerprint density at radius 2 is 2.00 bits per heavy atom. The van der Waals surface area contributed by atoms with E-state index >= 15 is 0 Å². The molecule has 0 radical (unpaired) electrons. The minimum atomic E-state index is 0.947. The summed E-state index contributed by atoms with van der Waals surface area (Å²) in [6.07, 6.45) is 10.4. The Hall–Kier alpha value is -1.18. The summed E-state index contributed by atoms with van der Waals surface area (Å²) in [6.45, 7) is 6.40. The van der Waals surface area contributed by atoms with Crippen LogP contribution in [-0.2, 0) is 12.8 Å². The molecule has 1 rings (SSSR count). The van der Waals surface area contributed by atoms with E-state index in [9.17, 15) is 0 Å². The van der Waals surface area contributed by atoms with Crippen molar-refractivity contribution in [1.82, 2.24) is 9.97 Å². The van der Waals surface area contributed by atoms with Gasteiger partial charge in [0.05, 0.1) is 17.1 Å². The van der Waals surface area contributed by atoms with Gasteiger partial charge in [0.15, 0.2) is 0 Å². The van der Waals surface area contributed by atoms with Gasteiger partial charge in [-0.25, -0.2) is 4.98 Å². The van der Waals surface area contributed by atoms with E-state index in [0.717, 1.165) is 36.3 Å². The molecule has 1 aromatic rings. The van der Waals surface area contributed by atoms with Crippen LogP contribution in [0.25, 0.3) is 6.08 Å². The molecule has 1 aromatic heterocycles. The van der Waals surface area contributed by atoms with E-state index in [1.807, 2.05) is 6.20 Å². The number of hydrogen-bond donors (Lipinski definition) is 0. The average Bonchev–Trinajstić information content (AvgIpc) is 2.29. The maximum atomic E-state index is 4.58. The summed E-state index contributed by atoms with van der Waals surface area (Å²) in [7, 11) is 0. The van der Waals surface area contributed by atoms with E-state index in [4.69, 9.17) is 0 Å². The summed E-state index contributed by atoms with van der Waals surface area (Å²) in [4.78, 5) is 9.02. The van der Waals surface area contributed by atoms with Gasteiger partial charge in [0, 0.05) is 6.20 Å². The predicted molar refractivity (Wildman–Crippen MR) is 64.7 cm³/mol. The van der Waals surface area contributed by atoms with Crippen LogP contribution in [0.5, 0.6) is 0 Å². The van der Waals surface area contributed by atoms with Crippen molar-refractivity contribution in [2.75, 3.05) is 0 Å². The molecule has 0 N–H and O–H groups in total. The lowest BCUT2D eigenvalue weighted by molar-refractivity contribution is 0.922. The van der Waals surface area contributed by atoms with E-state index in [0.29, 0.717) is 0 Å². The summed E-state index contributed by atoms with van der Waals surface area (Å²) in [5, 5.41) is 0. The van der Waals surface area contributed by atoms with Crippen LogP contribution < -0.4 is 0 Å². The normalized spacial score (nSPS) is 11.1. The van der Waals surface area contributed by atoms with Crippen molar-refractivity contribution in [3.63, 3.8) is 0 Å². The van der Waals surface area contributed by atoms with Gasteiger partial charge in [-0.05, 0) is 25.3 Å². The first-order chi connectivity index (χ1) is 7.31. The highest BCUT2D eigenvalue weighted by molar-refractivity contribution is 5.47. The fourth-order valence-corrected chi connectivity index (χ4v) is 1.40. The summed E-state index contributed by atoms with van der Waals surface area (Å²) < 4.78 is 0. The topological polar surface area (TPSA) is 25.8 Å². The molecule has 1 heterocycles. The van der Waals surface area contributed by atoms with Gasteiger partial charge < -0.3 is 0 Å². The van der Waals surface area contributed by atoms with Gasteiger partial charge in [-0.2, -0.15) is 0 Å². The van der Waals surface area contributed by atoms with E-state index in [-0.39, 0.29) is 0 Å². The van der Waals surface area contributed by atoms with Gasteiger partial charge in [-0.3, -0.25) is 4.98 Å². The van der Waals surface area contributed by atoms with Crippen molar-refractivity contribution in [2.45, 2.75) is 46.5 Å². The molecule has 82 valence electrons. The molecule has 2 heteroatoms. The lowest BCUT2D eigenvalue weighted by Crippen LogP contribution is -1.99. The van der Waals surface area contributed by atoms with Crippen LogP contribution in [-0.4, -0.2) is 9.97 Å². The minimum absolute atomic E-state index is 0.947. The monoisotopic (exact) mass is 204 g/mol. The molecule has 0 aliphatic heterocycles. The van der Waals surface area contributed by atoms with Crippen molar-refractivity contribution >= 4 is 6.08 Å². The van der Waals surface area contributed by atoms with Crippen molar-refractivity contribution < 1.29 is 0 Å². The summed E-state index contributed by atoms with van der Waals surface area (Å²) >= 11 is 0. The van der Waals surface area contributed by atoms with Gasteiger partial charge >= 0.3 is 0 Å². The zero-order valence-electron chi connectivity index (χ0n) is 9.95. The summed E-state index contributed by atoms with van der Waals surface area (Å²) in [5.74, 6) is 0. The first kappa shape index (κ1) is 11.9. The third kappa shape index (κ3) is 3.46. The molecule has 0 saturated heterocycles. The minimum Gasteiger partial charge on any atom is -0.257 e. The number of unbranched alkanes of at least 4 members (excludes halogenated alkanes) is 1. The van der Waals surface area contributed by atoms with E-state index in [2.05, 4.69) is 42.9 Å². The predicted octanol–water partition coefficient (Wildman–Crippen LogP) is 3.41. The molecule has 0 aliphatic carbocycles. The molecular weight excluding hydrogens is 184 g/mol. The Morgan fingerprint density at radius 1 is 1.20 bits per heavy atom. The molecule has 15 heavy (non-hydrogen) atoms. The molecule has 0 amide bonds. The van der Waals surface area contributed by atoms with Crippen LogP contribution >= 0.6 is 0 Å². The third-order valence-corrected chi connectivity index (χ3v) is 2.36. The fraction of sp³-hybridized carbons (Fsp3) is 0.538. The van der Waals surface area contributed by atoms with Crippen LogP contribution in [0.1, 0.15) is 50.7 Å². The zero-order valence-corrected chi connectivity index (χ0v) is 9.95. The summed E-state index contributed by atoms with van der Waals surface area (Å²) in [5.41, 5.74) is 3.22. The second kappa shape index (κ2) is 6.33. The van der Waals surface area contributed by atoms with Crippen LogP contribution in [0.2, 0.25) is 0 Å². The van der Waals surface area contributed by atoms with Crippen molar-refractivity contribution in [3.05, 3.63) is 29.4 Å². The number of hydrogen-bond acceptors (Lipinski definition) is 2. The summed E-state index contributed by atoms with van der Waals surface area (Å²) in [6, 6.07) is 0. The SMILES string of the molecule is CCC/C=C/c1nc(CC)cnc1CC. The first-order valence-electron chi connectivity index (χ1n) is 5.83. The van der Waals surface area contributed by atoms with Crippen molar-refractivity contribution in [1.29, 1.82) is 0 Å². The van der Waals surface area contributed by atoms with Crippen molar-refractivity contribution in [2.24, 2.45) is 0 Å². The number of nitrogens with zero attached hydrogens (tertiary/aromatic N) is 2. The highest BCUT2D eigenvalue weighted by Gasteiger charge is 2.01. The van der Waals surface area contributed by atoms with E-state index in [1.165, 1.54) is 6.42 Å². The lowest BCUT2D eigenvalue weighted by atomic mass is 10.2. The molecule has 2 nitrogen and oxygen atoms in total. The van der Waals surface area contributed by atoms with Gasteiger partial charge in [-0.1, -0.05) is 33.3 Å². The quantitative estimate of drug-likeness (QED) is 0.734. The number of aromatic nitrogens is 2. The Bertz CT molecular complexity index is 329. The molecule has 0 aromatic carbocycles. The number of rotatable bonds is 5. The average molecular weight is 204 g/mol. The molecule has 0 fully saturated rings. The second-order valence-electron chi connectivity index (χ2n) is 3.59.